The number of hydrogen-bond acceptors (Lipinski definition) is 5. The maximum absolute atomic E-state index is 11.8. The quantitative estimate of drug-likeness (QED) is 0.874. The van der Waals surface area contributed by atoms with Crippen LogP contribution in [0.1, 0.15) is 33.6 Å². The largest absolute Gasteiger partial charge is 0.360 e. The molecule has 0 radical (unpaired) electrons. The lowest BCUT2D eigenvalue weighted by molar-refractivity contribution is -0.119. The Balaban J connectivity index is 1.71. The SMILES string of the molecule is CC(C)(C)n1ncc2c(NCC(=O)NCC3CC3)ncnc21. The van der Waals surface area contributed by atoms with Crippen molar-refractivity contribution in [1.29, 1.82) is 0 Å². The zero-order valence-corrected chi connectivity index (χ0v) is 13.3. The van der Waals surface area contributed by atoms with Crippen LogP contribution < -0.4 is 10.6 Å². The van der Waals surface area contributed by atoms with Crippen LogP contribution in [0.5, 0.6) is 0 Å². The zero-order chi connectivity index (χ0) is 15.7. The van der Waals surface area contributed by atoms with Gasteiger partial charge in [-0.05, 0) is 39.5 Å². The molecule has 3 rings (SSSR count). The highest BCUT2D eigenvalue weighted by atomic mass is 16.1. The minimum absolute atomic E-state index is 0.0122. The summed E-state index contributed by atoms with van der Waals surface area (Å²) in [6, 6.07) is 0. The number of aromatic nitrogens is 4. The van der Waals surface area contributed by atoms with Crippen LogP contribution in [-0.4, -0.2) is 38.7 Å². The number of nitrogens with one attached hydrogen (secondary N) is 2. The summed E-state index contributed by atoms with van der Waals surface area (Å²) in [5.74, 6) is 1.31. The average Bonchev–Trinajstić information content (AvgIpc) is 3.18. The molecule has 2 heterocycles. The van der Waals surface area contributed by atoms with E-state index in [4.69, 9.17) is 0 Å². The molecule has 2 aromatic heterocycles. The van der Waals surface area contributed by atoms with Crippen LogP contribution in [0.3, 0.4) is 0 Å². The minimum Gasteiger partial charge on any atom is -0.360 e. The molecule has 0 spiro atoms. The van der Waals surface area contributed by atoms with Gasteiger partial charge in [0.1, 0.15) is 12.1 Å². The van der Waals surface area contributed by atoms with Crippen molar-refractivity contribution in [3.8, 4) is 0 Å². The third-order valence-electron chi connectivity index (χ3n) is 3.70. The lowest BCUT2D eigenvalue weighted by Crippen LogP contribution is -2.31. The lowest BCUT2D eigenvalue weighted by atomic mass is 10.1. The first kappa shape index (κ1) is 14.7. The first-order chi connectivity index (χ1) is 10.4. The molecule has 0 atom stereocenters. The van der Waals surface area contributed by atoms with Gasteiger partial charge in [0.2, 0.25) is 5.91 Å². The minimum atomic E-state index is -0.158. The van der Waals surface area contributed by atoms with Crippen molar-refractivity contribution in [3.05, 3.63) is 12.5 Å². The molecule has 0 saturated heterocycles. The van der Waals surface area contributed by atoms with Crippen LogP contribution in [0.15, 0.2) is 12.5 Å². The normalized spacial score (nSPS) is 15.0. The standard InChI is InChI=1S/C15H22N6O/c1-15(2,3)21-14-11(7-20-21)13(18-9-19-14)17-8-12(22)16-6-10-4-5-10/h7,9-10H,4-6,8H2,1-3H3,(H,16,22)(H,17,18,19). The molecule has 0 unspecified atom stereocenters. The molecular formula is C15H22N6O. The van der Waals surface area contributed by atoms with Crippen molar-refractivity contribution in [2.24, 2.45) is 5.92 Å². The molecule has 2 N–H and O–H groups in total. The van der Waals surface area contributed by atoms with Crippen molar-refractivity contribution in [2.45, 2.75) is 39.2 Å². The third-order valence-corrected chi connectivity index (χ3v) is 3.70. The Morgan fingerprint density at radius 1 is 1.36 bits per heavy atom. The molecule has 7 nitrogen and oxygen atoms in total. The number of anilines is 1. The molecule has 1 amide bonds. The number of fused-ring (bicyclic) bond motifs is 1. The van der Waals surface area contributed by atoms with Crippen LogP contribution in [0, 0.1) is 5.92 Å². The van der Waals surface area contributed by atoms with E-state index in [0.717, 1.165) is 17.6 Å². The van der Waals surface area contributed by atoms with Crippen LogP contribution in [0.2, 0.25) is 0 Å². The second kappa shape index (κ2) is 5.55. The summed E-state index contributed by atoms with van der Waals surface area (Å²) in [6.45, 7) is 7.20. The smallest absolute Gasteiger partial charge is 0.239 e. The Kier molecular flexibility index (Phi) is 3.72. The van der Waals surface area contributed by atoms with Crippen molar-refractivity contribution < 1.29 is 4.79 Å². The van der Waals surface area contributed by atoms with Crippen molar-refractivity contribution >= 4 is 22.8 Å². The summed E-state index contributed by atoms with van der Waals surface area (Å²) in [4.78, 5) is 20.3. The predicted molar refractivity (Wildman–Crippen MR) is 84.5 cm³/mol. The van der Waals surface area contributed by atoms with Crippen molar-refractivity contribution in [1.82, 2.24) is 25.1 Å². The highest BCUT2D eigenvalue weighted by Crippen LogP contribution is 2.27. The van der Waals surface area contributed by atoms with Gasteiger partial charge in [0.15, 0.2) is 5.65 Å². The molecular weight excluding hydrogens is 280 g/mol. The summed E-state index contributed by atoms with van der Waals surface area (Å²) in [7, 11) is 0. The summed E-state index contributed by atoms with van der Waals surface area (Å²) in [6.07, 6.45) is 5.69. The summed E-state index contributed by atoms with van der Waals surface area (Å²) >= 11 is 0. The zero-order valence-electron chi connectivity index (χ0n) is 13.3. The molecule has 1 aliphatic carbocycles. The average molecular weight is 302 g/mol. The number of hydrogen-bond donors (Lipinski definition) is 2. The molecule has 1 aliphatic rings. The van der Waals surface area contributed by atoms with Crippen LogP contribution in [-0.2, 0) is 10.3 Å². The van der Waals surface area contributed by atoms with Gasteiger partial charge in [0, 0.05) is 6.54 Å². The number of carbonyl (C=O) groups is 1. The number of nitrogens with zero attached hydrogens (tertiary/aromatic N) is 4. The number of amides is 1. The van der Waals surface area contributed by atoms with Gasteiger partial charge in [-0.25, -0.2) is 14.6 Å². The molecule has 2 aromatic rings. The van der Waals surface area contributed by atoms with Gasteiger partial charge in [-0.3, -0.25) is 4.79 Å². The molecule has 0 aromatic carbocycles. The van der Waals surface area contributed by atoms with E-state index in [1.807, 2.05) is 4.68 Å². The van der Waals surface area contributed by atoms with Crippen molar-refractivity contribution in [2.75, 3.05) is 18.4 Å². The Bertz CT molecular complexity index is 683. The fourth-order valence-corrected chi connectivity index (χ4v) is 2.28. The molecule has 0 aliphatic heterocycles. The predicted octanol–water partition coefficient (Wildman–Crippen LogP) is 1.52. The van der Waals surface area contributed by atoms with Gasteiger partial charge in [0.25, 0.3) is 0 Å². The van der Waals surface area contributed by atoms with E-state index in [2.05, 4.69) is 46.5 Å². The van der Waals surface area contributed by atoms with E-state index in [-0.39, 0.29) is 18.0 Å². The van der Waals surface area contributed by atoms with E-state index in [1.54, 1.807) is 6.20 Å². The van der Waals surface area contributed by atoms with Gasteiger partial charge in [-0.15, -0.1) is 0 Å². The monoisotopic (exact) mass is 302 g/mol. The van der Waals surface area contributed by atoms with E-state index < -0.39 is 0 Å². The highest BCUT2D eigenvalue weighted by molar-refractivity contribution is 5.88. The first-order valence-electron chi connectivity index (χ1n) is 7.65. The Hall–Kier alpha value is -2.18. The fourth-order valence-electron chi connectivity index (χ4n) is 2.28. The van der Waals surface area contributed by atoms with E-state index in [9.17, 15) is 4.79 Å². The maximum atomic E-state index is 11.8. The van der Waals surface area contributed by atoms with Gasteiger partial charge < -0.3 is 10.6 Å². The number of rotatable bonds is 5. The van der Waals surface area contributed by atoms with Gasteiger partial charge in [0.05, 0.1) is 23.7 Å². The van der Waals surface area contributed by atoms with E-state index >= 15 is 0 Å². The summed E-state index contributed by atoms with van der Waals surface area (Å²) in [5, 5.41) is 11.2. The molecule has 7 heteroatoms. The van der Waals surface area contributed by atoms with Gasteiger partial charge in [-0.1, -0.05) is 0 Å². The van der Waals surface area contributed by atoms with E-state index in [0.29, 0.717) is 11.7 Å². The Morgan fingerprint density at radius 2 is 2.14 bits per heavy atom. The Labute approximate surface area is 129 Å². The van der Waals surface area contributed by atoms with Crippen LogP contribution in [0.25, 0.3) is 11.0 Å². The first-order valence-corrected chi connectivity index (χ1v) is 7.65. The molecule has 1 fully saturated rings. The summed E-state index contributed by atoms with van der Waals surface area (Å²) < 4.78 is 1.86. The summed E-state index contributed by atoms with van der Waals surface area (Å²) in [5.41, 5.74) is 0.609. The Morgan fingerprint density at radius 3 is 2.82 bits per heavy atom. The van der Waals surface area contributed by atoms with E-state index in [1.165, 1.54) is 19.2 Å². The van der Waals surface area contributed by atoms with Gasteiger partial charge in [-0.2, -0.15) is 5.10 Å². The maximum Gasteiger partial charge on any atom is 0.239 e. The third kappa shape index (κ3) is 3.18. The molecule has 118 valence electrons. The van der Waals surface area contributed by atoms with Crippen LogP contribution >= 0.6 is 0 Å². The molecule has 22 heavy (non-hydrogen) atoms. The second-order valence-corrected chi connectivity index (χ2v) is 6.79. The topological polar surface area (TPSA) is 84.7 Å². The fraction of sp³-hybridized carbons (Fsp3) is 0.600. The van der Waals surface area contributed by atoms with Gasteiger partial charge >= 0.3 is 0 Å². The second-order valence-electron chi connectivity index (χ2n) is 6.79. The molecule has 0 bridgehead atoms. The highest BCUT2D eigenvalue weighted by Gasteiger charge is 2.22. The van der Waals surface area contributed by atoms with Crippen molar-refractivity contribution in [3.63, 3.8) is 0 Å². The van der Waals surface area contributed by atoms with Crippen LogP contribution in [0.4, 0.5) is 5.82 Å². The molecule has 1 saturated carbocycles. The number of carbonyl (C=O) groups excluding carboxylic acids is 1. The lowest BCUT2D eigenvalue weighted by Gasteiger charge is -2.19.